The van der Waals surface area contributed by atoms with Crippen LogP contribution in [0.25, 0.3) is 0 Å². The molecule has 0 heterocycles. The van der Waals surface area contributed by atoms with Gasteiger partial charge in [0.1, 0.15) is 0 Å². The van der Waals surface area contributed by atoms with Crippen molar-refractivity contribution >= 4 is 0 Å². The summed E-state index contributed by atoms with van der Waals surface area (Å²) in [5.74, 6) is 0. The van der Waals surface area contributed by atoms with E-state index in [-0.39, 0.29) is 6.10 Å². The van der Waals surface area contributed by atoms with Crippen LogP contribution < -0.4 is 5.73 Å². The van der Waals surface area contributed by atoms with E-state index in [2.05, 4.69) is 4.90 Å². The molecule has 0 aromatic carbocycles. The third-order valence-corrected chi connectivity index (χ3v) is 3.32. The summed E-state index contributed by atoms with van der Waals surface area (Å²) in [6.45, 7) is 4.78. The minimum absolute atomic E-state index is 0.174. The highest BCUT2D eigenvalue weighted by Crippen LogP contribution is 2.23. The molecule has 1 fully saturated rings. The molecule has 15 heavy (non-hydrogen) atoms. The van der Waals surface area contributed by atoms with Gasteiger partial charge >= 0.3 is 0 Å². The fraction of sp³-hybridized carbons (Fsp3) is 1.00. The minimum atomic E-state index is -0.174. The molecule has 3 N–H and O–H groups in total. The Hall–Kier alpha value is -0.120. The lowest BCUT2D eigenvalue weighted by atomic mass is 10.1. The Morgan fingerprint density at radius 1 is 1.33 bits per heavy atom. The van der Waals surface area contributed by atoms with Crippen LogP contribution in [0.3, 0.4) is 0 Å². The summed E-state index contributed by atoms with van der Waals surface area (Å²) in [5.41, 5.74) is 5.56. The van der Waals surface area contributed by atoms with Crippen LogP contribution in [0.5, 0.6) is 0 Å². The van der Waals surface area contributed by atoms with Crippen molar-refractivity contribution < 1.29 is 5.11 Å². The predicted octanol–water partition coefficient (Wildman–Crippen LogP) is 1.35. The molecule has 0 aliphatic heterocycles. The van der Waals surface area contributed by atoms with Crippen molar-refractivity contribution in [1.82, 2.24) is 4.90 Å². The van der Waals surface area contributed by atoms with E-state index in [1.165, 1.54) is 25.7 Å². The third-order valence-electron chi connectivity index (χ3n) is 3.32. The Morgan fingerprint density at radius 2 is 2.00 bits per heavy atom. The van der Waals surface area contributed by atoms with E-state index in [1.54, 1.807) is 0 Å². The van der Waals surface area contributed by atoms with E-state index in [9.17, 15) is 5.11 Å². The normalized spacial score (nSPS) is 20.0. The first-order chi connectivity index (χ1) is 7.24. The summed E-state index contributed by atoms with van der Waals surface area (Å²) < 4.78 is 0. The quantitative estimate of drug-likeness (QED) is 0.672. The van der Waals surface area contributed by atoms with Crippen molar-refractivity contribution in [3.8, 4) is 0 Å². The van der Waals surface area contributed by atoms with Gasteiger partial charge in [0.15, 0.2) is 0 Å². The maximum Gasteiger partial charge on any atom is 0.0524 e. The Bertz CT molecular complexity index is 156. The fourth-order valence-corrected chi connectivity index (χ4v) is 2.39. The number of aliphatic hydroxyl groups is 1. The van der Waals surface area contributed by atoms with Gasteiger partial charge in [0.25, 0.3) is 0 Å². The van der Waals surface area contributed by atoms with Crippen molar-refractivity contribution in [2.45, 2.75) is 57.6 Å². The molecule has 0 spiro atoms. The van der Waals surface area contributed by atoms with Crippen LogP contribution in [0.2, 0.25) is 0 Å². The van der Waals surface area contributed by atoms with Gasteiger partial charge in [-0.2, -0.15) is 0 Å². The Kier molecular flexibility index (Phi) is 6.22. The molecular formula is C12H26N2O. The van der Waals surface area contributed by atoms with Crippen LogP contribution in [0.4, 0.5) is 0 Å². The van der Waals surface area contributed by atoms with Gasteiger partial charge in [-0.05, 0) is 45.7 Å². The molecule has 1 saturated carbocycles. The second-order valence-electron chi connectivity index (χ2n) is 4.75. The molecule has 1 aliphatic carbocycles. The first kappa shape index (κ1) is 12.9. The zero-order valence-electron chi connectivity index (χ0n) is 9.99. The van der Waals surface area contributed by atoms with Gasteiger partial charge in [0.2, 0.25) is 0 Å². The van der Waals surface area contributed by atoms with Crippen molar-refractivity contribution in [3.63, 3.8) is 0 Å². The highest BCUT2D eigenvalue weighted by atomic mass is 16.3. The molecule has 0 bridgehead atoms. The van der Waals surface area contributed by atoms with Crippen LogP contribution in [0.15, 0.2) is 0 Å². The molecule has 3 heteroatoms. The molecule has 0 aromatic heterocycles. The Morgan fingerprint density at radius 3 is 2.53 bits per heavy atom. The predicted molar refractivity (Wildman–Crippen MR) is 63.8 cm³/mol. The SMILES string of the molecule is CC(O)CCN(CCCN)C1CCCC1. The van der Waals surface area contributed by atoms with Gasteiger partial charge in [0.05, 0.1) is 6.10 Å². The summed E-state index contributed by atoms with van der Waals surface area (Å²) >= 11 is 0. The number of hydrogen-bond acceptors (Lipinski definition) is 3. The fourth-order valence-electron chi connectivity index (χ4n) is 2.39. The highest BCUT2D eigenvalue weighted by Gasteiger charge is 2.21. The average Bonchev–Trinajstić information content (AvgIpc) is 2.71. The number of aliphatic hydroxyl groups excluding tert-OH is 1. The van der Waals surface area contributed by atoms with E-state index in [0.29, 0.717) is 0 Å². The number of nitrogens with two attached hydrogens (primary N) is 1. The Labute approximate surface area is 93.6 Å². The molecule has 90 valence electrons. The van der Waals surface area contributed by atoms with Gasteiger partial charge in [-0.1, -0.05) is 12.8 Å². The minimum Gasteiger partial charge on any atom is -0.393 e. The second-order valence-corrected chi connectivity index (χ2v) is 4.75. The van der Waals surface area contributed by atoms with E-state index >= 15 is 0 Å². The van der Waals surface area contributed by atoms with Crippen molar-refractivity contribution in [2.75, 3.05) is 19.6 Å². The zero-order valence-corrected chi connectivity index (χ0v) is 9.99. The molecule has 0 amide bonds. The maximum atomic E-state index is 9.32. The van der Waals surface area contributed by atoms with Gasteiger partial charge in [-0.25, -0.2) is 0 Å². The van der Waals surface area contributed by atoms with E-state index in [4.69, 9.17) is 5.73 Å². The largest absolute Gasteiger partial charge is 0.393 e. The molecule has 1 aliphatic rings. The number of nitrogens with zero attached hydrogens (tertiary/aromatic N) is 1. The van der Waals surface area contributed by atoms with E-state index in [1.807, 2.05) is 6.92 Å². The average molecular weight is 214 g/mol. The van der Waals surface area contributed by atoms with Gasteiger partial charge in [-0.3, -0.25) is 0 Å². The third kappa shape index (κ3) is 4.96. The van der Waals surface area contributed by atoms with Gasteiger partial charge in [0, 0.05) is 12.6 Å². The summed E-state index contributed by atoms with van der Waals surface area (Å²) in [6.07, 6.45) is 7.22. The lowest BCUT2D eigenvalue weighted by Crippen LogP contribution is -2.36. The van der Waals surface area contributed by atoms with Crippen LogP contribution in [-0.4, -0.2) is 41.8 Å². The van der Waals surface area contributed by atoms with Crippen LogP contribution in [0.1, 0.15) is 45.4 Å². The molecular weight excluding hydrogens is 188 g/mol. The smallest absolute Gasteiger partial charge is 0.0524 e. The van der Waals surface area contributed by atoms with Crippen LogP contribution >= 0.6 is 0 Å². The van der Waals surface area contributed by atoms with Crippen molar-refractivity contribution in [3.05, 3.63) is 0 Å². The molecule has 0 aromatic rings. The number of hydrogen-bond donors (Lipinski definition) is 2. The summed E-state index contributed by atoms with van der Waals surface area (Å²) in [5, 5.41) is 9.32. The molecule has 0 radical (unpaired) electrons. The lowest BCUT2D eigenvalue weighted by Gasteiger charge is -2.29. The highest BCUT2D eigenvalue weighted by molar-refractivity contribution is 4.77. The van der Waals surface area contributed by atoms with Gasteiger partial charge < -0.3 is 15.7 Å². The molecule has 3 nitrogen and oxygen atoms in total. The topological polar surface area (TPSA) is 49.5 Å². The first-order valence-corrected chi connectivity index (χ1v) is 6.36. The van der Waals surface area contributed by atoms with Crippen molar-refractivity contribution in [1.29, 1.82) is 0 Å². The molecule has 1 unspecified atom stereocenters. The van der Waals surface area contributed by atoms with Crippen LogP contribution in [-0.2, 0) is 0 Å². The summed E-state index contributed by atoms with van der Waals surface area (Å²) in [7, 11) is 0. The second kappa shape index (κ2) is 7.20. The van der Waals surface area contributed by atoms with E-state index < -0.39 is 0 Å². The zero-order chi connectivity index (χ0) is 11.1. The van der Waals surface area contributed by atoms with Crippen LogP contribution in [0, 0.1) is 0 Å². The summed E-state index contributed by atoms with van der Waals surface area (Å²) in [6, 6.07) is 0.760. The Balaban J connectivity index is 2.30. The first-order valence-electron chi connectivity index (χ1n) is 6.36. The monoisotopic (exact) mass is 214 g/mol. The molecule has 1 atom stereocenters. The van der Waals surface area contributed by atoms with Gasteiger partial charge in [-0.15, -0.1) is 0 Å². The standard InChI is InChI=1S/C12H26N2O/c1-11(15)7-10-14(9-4-8-13)12-5-2-3-6-12/h11-12,15H,2-10,13H2,1H3. The molecule has 1 rings (SSSR count). The maximum absolute atomic E-state index is 9.32. The summed E-state index contributed by atoms with van der Waals surface area (Å²) in [4.78, 5) is 2.53. The van der Waals surface area contributed by atoms with E-state index in [0.717, 1.165) is 38.5 Å². The number of rotatable bonds is 7. The molecule has 0 saturated heterocycles. The van der Waals surface area contributed by atoms with Crippen molar-refractivity contribution in [2.24, 2.45) is 5.73 Å². The lowest BCUT2D eigenvalue weighted by molar-refractivity contribution is 0.134.